The molecule has 1 fully saturated rings. The molecule has 2 aliphatic heterocycles. The van der Waals surface area contributed by atoms with E-state index in [1.807, 2.05) is 24.3 Å². The van der Waals surface area contributed by atoms with Crippen molar-refractivity contribution in [3.63, 3.8) is 0 Å². The van der Waals surface area contributed by atoms with Crippen LogP contribution in [0, 0.1) is 5.92 Å². The minimum absolute atomic E-state index is 0. The van der Waals surface area contributed by atoms with Gasteiger partial charge in [0, 0.05) is 37.4 Å². The zero-order chi connectivity index (χ0) is 17.9. The molecule has 1 saturated heterocycles. The number of aryl methyl sites for hydroxylation is 1. The van der Waals surface area contributed by atoms with Crippen LogP contribution in [-0.2, 0) is 22.5 Å². The van der Waals surface area contributed by atoms with Crippen molar-refractivity contribution in [2.45, 2.75) is 44.7 Å². The summed E-state index contributed by atoms with van der Waals surface area (Å²) in [6.07, 6.45) is 5.01. The molecule has 1 atom stereocenters. The van der Waals surface area contributed by atoms with Gasteiger partial charge >= 0.3 is 0 Å². The third-order valence-electron chi connectivity index (χ3n) is 5.35. The van der Waals surface area contributed by atoms with Crippen molar-refractivity contribution in [1.82, 2.24) is 14.8 Å². The van der Waals surface area contributed by atoms with Crippen LogP contribution in [0.25, 0.3) is 11.4 Å². The number of aromatic nitrogens is 3. The molecular formula is C19H27Cl2N5O2. The Hall–Kier alpha value is -1.67. The molecule has 2 aliphatic rings. The van der Waals surface area contributed by atoms with Crippen molar-refractivity contribution in [3.05, 3.63) is 30.1 Å². The van der Waals surface area contributed by atoms with Crippen LogP contribution < -0.4 is 11.1 Å². The molecule has 3 N–H and O–H groups in total. The Morgan fingerprint density at radius 3 is 2.57 bits per heavy atom. The van der Waals surface area contributed by atoms with E-state index in [-0.39, 0.29) is 36.6 Å². The fourth-order valence-electron chi connectivity index (χ4n) is 3.74. The molecule has 0 spiro atoms. The number of halogens is 2. The largest absolute Gasteiger partial charge is 0.381 e. The minimum Gasteiger partial charge on any atom is -0.381 e. The number of hydrogen-bond acceptors (Lipinski definition) is 5. The van der Waals surface area contributed by atoms with E-state index in [4.69, 9.17) is 10.5 Å². The van der Waals surface area contributed by atoms with Gasteiger partial charge in [0.2, 0.25) is 5.91 Å². The van der Waals surface area contributed by atoms with E-state index in [0.717, 1.165) is 55.1 Å². The van der Waals surface area contributed by atoms with Crippen LogP contribution in [0.2, 0.25) is 0 Å². The van der Waals surface area contributed by atoms with Gasteiger partial charge in [0.1, 0.15) is 5.82 Å². The van der Waals surface area contributed by atoms with E-state index < -0.39 is 6.04 Å². The first kappa shape index (κ1) is 22.6. The molecule has 154 valence electrons. The Morgan fingerprint density at radius 1 is 1.14 bits per heavy atom. The minimum atomic E-state index is -0.498. The summed E-state index contributed by atoms with van der Waals surface area (Å²) in [5, 5.41) is 11.6. The normalized spacial score (nSPS) is 17.6. The van der Waals surface area contributed by atoms with Gasteiger partial charge in [-0.3, -0.25) is 4.79 Å². The van der Waals surface area contributed by atoms with Crippen LogP contribution in [-0.4, -0.2) is 39.9 Å². The van der Waals surface area contributed by atoms with Gasteiger partial charge in [-0.25, -0.2) is 0 Å². The number of ether oxygens (including phenoxy) is 1. The molecule has 1 unspecified atom stereocenters. The molecule has 7 nitrogen and oxygen atoms in total. The SMILES string of the molecule is Cl.Cl.NC(C(=O)Nc1ccc(-c2nnc3n2CCCC3)cc1)C1CCOCC1. The quantitative estimate of drug-likeness (QED) is 0.781. The highest BCUT2D eigenvalue weighted by molar-refractivity contribution is 5.95. The van der Waals surface area contributed by atoms with Gasteiger partial charge < -0.3 is 20.4 Å². The van der Waals surface area contributed by atoms with Gasteiger partial charge in [-0.1, -0.05) is 0 Å². The highest BCUT2D eigenvalue weighted by Gasteiger charge is 2.26. The fourth-order valence-corrected chi connectivity index (χ4v) is 3.74. The van der Waals surface area contributed by atoms with Crippen molar-refractivity contribution in [3.8, 4) is 11.4 Å². The second-order valence-electron chi connectivity index (χ2n) is 7.09. The predicted molar refractivity (Wildman–Crippen MR) is 113 cm³/mol. The van der Waals surface area contributed by atoms with E-state index in [1.165, 1.54) is 6.42 Å². The number of nitrogens with two attached hydrogens (primary N) is 1. The summed E-state index contributed by atoms with van der Waals surface area (Å²) in [4.78, 5) is 12.4. The number of anilines is 1. The number of carbonyl (C=O) groups excluding carboxylic acids is 1. The van der Waals surface area contributed by atoms with Crippen molar-refractivity contribution in [2.24, 2.45) is 11.7 Å². The maximum Gasteiger partial charge on any atom is 0.241 e. The summed E-state index contributed by atoms with van der Waals surface area (Å²) in [6, 6.07) is 7.24. The van der Waals surface area contributed by atoms with Crippen molar-refractivity contribution >= 4 is 36.4 Å². The average Bonchev–Trinajstić information content (AvgIpc) is 3.13. The average molecular weight is 428 g/mol. The number of nitrogens with zero attached hydrogens (tertiary/aromatic N) is 3. The lowest BCUT2D eigenvalue weighted by molar-refractivity contribution is -0.119. The number of carbonyl (C=O) groups is 1. The predicted octanol–water partition coefficient (Wildman–Crippen LogP) is 2.82. The van der Waals surface area contributed by atoms with Crippen molar-refractivity contribution in [2.75, 3.05) is 18.5 Å². The maximum absolute atomic E-state index is 12.4. The number of hydrogen-bond donors (Lipinski definition) is 2. The van der Waals surface area contributed by atoms with Gasteiger partial charge in [-0.05, 0) is 55.9 Å². The molecule has 0 saturated carbocycles. The van der Waals surface area contributed by atoms with Crippen LogP contribution in [0.15, 0.2) is 24.3 Å². The standard InChI is InChI=1S/C19H25N5O2.2ClH/c20-17(13-8-11-26-12-9-13)19(25)21-15-6-4-14(5-7-15)18-23-22-16-3-1-2-10-24(16)18;;/h4-7,13,17H,1-3,8-12,20H2,(H,21,25);2*1H. The van der Waals surface area contributed by atoms with Crippen LogP contribution in [0.4, 0.5) is 5.69 Å². The van der Waals surface area contributed by atoms with Crippen molar-refractivity contribution < 1.29 is 9.53 Å². The van der Waals surface area contributed by atoms with Gasteiger partial charge in [-0.2, -0.15) is 0 Å². The molecule has 1 amide bonds. The second-order valence-corrected chi connectivity index (χ2v) is 7.09. The first-order chi connectivity index (χ1) is 12.7. The van der Waals surface area contributed by atoms with E-state index >= 15 is 0 Å². The van der Waals surface area contributed by atoms with E-state index in [9.17, 15) is 4.79 Å². The molecule has 0 bridgehead atoms. The molecule has 1 aromatic heterocycles. The van der Waals surface area contributed by atoms with E-state index in [2.05, 4.69) is 20.1 Å². The third kappa shape index (κ3) is 4.84. The summed E-state index contributed by atoms with van der Waals surface area (Å²) >= 11 is 0. The number of amides is 1. The van der Waals surface area contributed by atoms with Gasteiger partial charge in [0.05, 0.1) is 6.04 Å². The van der Waals surface area contributed by atoms with Crippen LogP contribution in [0.5, 0.6) is 0 Å². The summed E-state index contributed by atoms with van der Waals surface area (Å²) in [6.45, 7) is 2.34. The Morgan fingerprint density at radius 2 is 1.86 bits per heavy atom. The Balaban J connectivity index is 0.00000140. The lowest BCUT2D eigenvalue weighted by Gasteiger charge is -2.26. The fraction of sp³-hybridized carbons (Fsp3) is 0.526. The van der Waals surface area contributed by atoms with Crippen LogP contribution in [0.3, 0.4) is 0 Å². The van der Waals surface area contributed by atoms with Gasteiger partial charge in [-0.15, -0.1) is 35.0 Å². The lowest BCUT2D eigenvalue weighted by Crippen LogP contribution is -2.43. The first-order valence-corrected chi connectivity index (χ1v) is 9.39. The Bertz CT molecular complexity index is 775. The molecular weight excluding hydrogens is 401 g/mol. The number of rotatable bonds is 4. The Kier molecular flexibility index (Phi) is 8.24. The topological polar surface area (TPSA) is 95.1 Å². The molecule has 9 heteroatoms. The highest BCUT2D eigenvalue weighted by Crippen LogP contribution is 2.24. The molecule has 0 aliphatic carbocycles. The monoisotopic (exact) mass is 427 g/mol. The zero-order valence-corrected chi connectivity index (χ0v) is 17.3. The molecule has 3 heterocycles. The van der Waals surface area contributed by atoms with E-state index in [0.29, 0.717) is 13.2 Å². The molecule has 0 radical (unpaired) electrons. The maximum atomic E-state index is 12.4. The summed E-state index contributed by atoms with van der Waals surface area (Å²) < 4.78 is 7.53. The molecule has 4 rings (SSSR count). The number of fused-ring (bicyclic) bond motifs is 1. The lowest BCUT2D eigenvalue weighted by atomic mass is 9.92. The first-order valence-electron chi connectivity index (χ1n) is 9.39. The second kappa shape index (κ2) is 10.2. The van der Waals surface area contributed by atoms with Crippen LogP contribution in [0.1, 0.15) is 31.5 Å². The van der Waals surface area contributed by atoms with E-state index in [1.54, 1.807) is 0 Å². The molecule has 28 heavy (non-hydrogen) atoms. The number of benzene rings is 1. The zero-order valence-electron chi connectivity index (χ0n) is 15.7. The summed E-state index contributed by atoms with van der Waals surface area (Å²) in [5.74, 6) is 2.01. The van der Waals surface area contributed by atoms with Crippen LogP contribution >= 0.6 is 24.8 Å². The highest BCUT2D eigenvalue weighted by atomic mass is 35.5. The number of nitrogens with one attached hydrogen (secondary N) is 1. The van der Waals surface area contributed by atoms with Gasteiger partial charge in [0.15, 0.2) is 5.82 Å². The van der Waals surface area contributed by atoms with Crippen molar-refractivity contribution in [1.29, 1.82) is 0 Å². The van der Waals surface area contributed by atoms with Gasteiger partial charge in [0.25, 0.3) is 0 Å². The summed E-state index contributed by atoms with van der Waals surface area (Å²) in [7, 11) is 0. The molecule has 2 aromatic rings. The summed E-state index contributed by atoms with van der Waals surface area (Å²) in [5.41, 5.74) is 7.90. The Labute approximate surface area is 177 Å². The molecule has 1 aromatic carbocycles. The third-order valence-corrected chi connectivity index (χ3v) is 5.35. The smallest absolute Gasteiger partial charge is 0.241 e.